The average molecular weight is 250 g/mol. The van der Waals surface area contributed by atoms with Gasteiger partial charge in [0, 0.05) is 10.5 Å². The van der Waals surface area contributed by atoms with Crippen molar-refractivity contribution < 1.29 is 4.79 Å². The van der Waals surface area contributed by atoms with Gasteiger partial charge in [0.25, 0.3) is 0 Å². The van der Waals surface area contributed by atoms with Crippen LogP contribution in [0.3, 0.4) is 0 Å². The maximum atomic E-state index is 10.8. The molecule has 1 aromatic rings. The van der Waals surface area contributed by atoms with Crippen molar-refractivity contribution in [2.45, 2.75) is 50.3 Å². The highest BCUT2D eigenvalue weighted by atomic mass is 32.2. The van der Waals surface area contributed by atoms with Gasteiger partial charge >= 0.3 is 0 Å². The Morgan fingerprint density at radius 3 is 2.53 bits per heavy atom. The highest BCUT2D eigenvalue weighted by molar-refractivity contribution is 7.99. The molecule has 0 N–H and O–H groups in total. The van der Waals surface area contributed by atoms with Gasteiger partial charge < -0.3 is 0 Å². The van der Waals surface area contributed by atoms with Crippen molar-refractivity contribution in [3.63, 3.8) is 0 Å². The molecule has 0 spiro atoms. The molecule has 0 aliphatic heterocycles. The third-order valence-electron chi connectivity index (χ3n) is 2.80. The summed E-state index contributed by atoms with van der Waals surface area (Å²) in [6.45, 7) is 2.24. The lowest BCUT2D eigenvalue weighted by Crippen LogP contribution is -1.87. The minimum absolute atomic E-state index is 0.823. The number of rotatable bonds is 9. The molecule has 0 amide bonds. The number of hydrogen-bond donors (Lipinski definition) is 0. The fourth-order valence-electron chi connectivity index (χ4n) is 1.77. The van der Waals surface area contributed by atoms with E-state index in [9.17, 15) is 4.79 Å². The molecule has 0 atom stereocenters. The molecule has 0 unspecified atom stereocenters. The summed E-state index contributed by atoms with van der Waals surface area (Å²) < 4.78 is 0. The van der Waals surface area contributed by atoms with Crippen LogP contribution in [0.25, 0.3) is 0 Å². The Kier molecular flexibility index (Phi) is 7.81. The van der Waals surface area contributed by atoms with E-state index in [1.54, 1.807) is 11.8 Å². The summed E-state index contributed by atoms with van der Waals surface area (Å²) in [4.78, 5) is 11.9. The molecular weight excluding hydrogens is 228 g/mol. The minimum atomic E-state index is 0.823. The maximum absolute atomic E-state index is 10.8. The Morgan fingerprint density at radius 1 is 1.06 bits per heavy atom. The van der Waals surface area contributed by atoms with Gasteiger partial charge in [0.2, 0.25) is 0 Å². The maximum Gasteiger partial charge on any atom is 0.151 e. The van der Waals surface area contributed by atoms with E-state index in [1.807, 2.05) is 24.3 Å². The molecule has 0 fully saturated rings. The van der Waals surface area contributed by atoms with Crippen molar-refractivity contribution in [3.05, 3.63) is 29.8 Å². The first-order valence-corrected chi connectivity index (χ1v) is 7.54. The number of thioether (sulfide) groups is 1. The van der Waals surface area contributed by atoms with E-state index in [1.165, 1.54) is 38.5 Å². The molecule has 0 aliphatic rings. The van der Waals surface area contributed by atoms with Crippen LogP contribution in [0.2, 0.25) is 0 Å². The monoisotopic (exact) mass is 250 g/mol. The Bertz CT molecular complexity index is 322. The third kappa shape index (κ3) is 5.92. The van der Waals surface area contributed by atoms with Crippen molar-refractivity contribution in [3.8, 4) is 0 Å². The zero-order chi connectivity index (χ0) is 12.3. The third-order valence-corrected chi connectivity index (χ3v) is 3.98. The normalized spacial score (nSPS) is 10.4. The molecule has 1 rings (SSSR count). The second kappa shape index (κ2) is 9.29. The summed E-state index contributed by atoms with van der Waals surface area (Å²) in [5, 5.41) is 0. The second-order valence-electron chi connectivity index (χ2n) is 4.27. The molecule has 1 nitrogen and oxygen atoms in total. The number of carbonyl (C=O) groups excluding carboxylic acids is 1. The average Bonchev–Trinajstić information content (AvgIpc) is 2.38. The van der Waals surface area contributed by atoms with Crippen molar-refractivity contribution in [2.75, 3.05) is 5.75 Å². The first-order chi connectivity index (χ1) is 8.38. The van der Waals surface area contributed by atoms with E-state index >= 15 is 0 Å². The summed E-state index contributed by atoms with van der Waals surface area (Å²) in [5.74, 6) is 1.12. The Balaban J connectivity index is 2.15. The summed E-state index contributed by atoms with van der Waals surface area (Å²) in [5.41, 5.74) is 0.823. The summed E-state index contributed by atoms with van der Waals surface area (Å²) in [6.07, 6.45) is 8.90. The standard InChI is InChI=1S/C15H22OS/c1-2-3-4-5-6-9-12-17-15-11-8-7-10-14(15)13-16/h7-8,10-11,13H,2-6,9,12H2,1H3. The van der Waals surface area contributed by atoms with Gasteiger partial charge in [0.1, 0.15) is 0 Å². The number of hydrogen-bond acceptors (Lipinski definition) is 2. The zero-order valence-electron chi connectivity index (χ0n) is 10.7. The molecule has 0 saturated heterocycles. The Labute approximate surface area is 109 Å². The van der Waals surface area contributed by atoms with Crippen LogP contribution < -0.4 is 0 Å². The summed E-state index contributed by atoms with van der Waals surface area (Å²) >= 11 is 1.80. The molecule has 0 aromatic heterocycles. The van der Waals surface area contributed by atoms with Crippen LogP contribution in [-0.4, -0.2) is 12.0 Å². The molecule has 1 aromatic carbocycles. The van der Waals surface area contributed by atoms with Crippen molar-refractivity contribution >= 4 is 18.0 Å². The number of unbranched alkanes of at least 4 members (excludes halogenated alkanes) is 5. The molecule has 0 bridgehead atoms. The van der Waals surface area contributed by atoms with Crippen LogP contribution in [0, 0.1) is 0 Å². The molecule has 0 saturated carbocycles. The van der Waals surface area contributed by atoms with Crippen LogP contribution in [0.1, 0.15) is 55.8 Å². The SMILES string of the molecule is CCCCCCCCSc1ccccc1C=O. The fraction of sp³-hybridized carbons (Fsp3) is 0.533. The predicted molar refractivity (Wildman–Crippen MR) is 75.9 cm³/mol. The molecule has 0 aliphatic carbocycles. The molecule has 0 heterocycles. The predicted octanol–water partition coefficient (Wildman–Crippen LogP) is 4.95. The van der Waals surface area contributed by atoms with E-state index < -0.39 is 0 Å². The topological polar surface area (TPSA) is 17.1 Å². The lowest BCUT2D eigenvalue weighted by atomic mass is 10.1. The van der Waals surface area contributed by atoms with Gasteiger partial charge in [-0.25, -0.2) is 0 Å². The van der Waals surface area contributed by atoms with E-state index in [4.69, 9.17) is 0 Å². The van der Waals surface area contributed by atoms with Crippen molar-refractivity contribution in [1.82, 2.24) is 0 Å². The van der Waals surface area contributed by atoms with Crippen LogP contribution >= 0.6 is 11.8 Å². The molecule has 0 radical (unpaired) electrons. The number of benzene rings is 1. The van der Waals surface area contributed by atoms with Crippen molar-refractivity contribution in [2.24, 2.45) is 0 Å². The lowest BCUT2D eigenvalue weighted by Gasteiger charge is -2.04. The first-order valence-electron chi connectivity index (χ1n) is 6.55. The Hall–Kier alpha value is -0.760. The van der Waals surface area contributed by atoms with E-state index in [0.29, 0.717) is 0 Å². The fourth-order valence-corrected chi connectivity index (χ4v) is 2.80. The van der Waals surface area contributed by atoms with Crippen LogP contribution in [0.4, 0.5) is 0 Å². The van der Waals surface area contributed by atoms with Crippen LogP contribution in [0.15, 0.2) is 29.2 Å². The first kappa shape index (κ1) is 14.3. The molecular formula is C15H22OS. The zero-order valence-corrected chi connectivity index (χ0v) is 11.5. The number of carbonyl (C=O) groups is 1. The molecule has 94 valence electrons. The van der Waals surface area contributed by atoms with E-state index in [-0.39, 0.29) is 0 Å². The Morgan fingerprint density at radius 2 is 1.76 bits per heavy atom. The largest absolute Gasteiger partial charge is 0.298 e. The van der Waals surface area contributed by atoms with Gasteiger partial charge in [0.15, 0.2) is 6.29 Å². The highest BCUT2D eigenvalue weighted by Gasteiger charge is 2.00. The lowest BCUT2D eigenvalue weighted by molar-refractivity contribution is 0.112. The summed E-state index contributed by atoms with van der Waals surface area (Å²) in [6, 6.07) is 7.83. The van der Waals surface area contributed by atoms with Crippen molar-refractivity contribution in [1.29, 1.82) is 0 Å². The van der Waals surface area contributed by atoms with Gasteiger partial charge in [-0.2, -0.15) is 0 Å². The van der Waals surface area contributed by atoms with Gasteiger partial charge in [-0.05, 0) is 18.2 Å². The van der Waals surface area contributed by atoms with Crippen LogP contribution in [0.5, 0.6) is 0 Å². The quantitative estimate of drug-likeness (QED) is 0.350. The van der Waals surface area contributed by atoms with Gasteiger partial charge in [0.05, 0.1) is 0 Å². The molecule has 17 heavy (non-hydrogen) atoms. The van der Waals surface area contributed by atoms with Gasteiger partial charge in [-0.15, -0.1) is 11.8 Å². The van der Waals surface area contributed by atoms with Crippen LogP contribution in [-0.2, 0) is 0 Å². The van der Waals surface area contributed by atoms with E-state index in [0.717, 1.165) is 22.5 Å². The minimum Gasteiger partial charge on any atom is -0.298 e. The van der Waals surface area contributed by atoms with E-state index in [2.05, 4.69) is 6.92 Å². The van der Waals surface area contributed by atoms with Gasteiger partial charge in [-0.1, -0.05) is 57.2 Å². The second-order valence-corrected chi connectivity index (χ2v) is 5.41. The smallest absolute Gasteiger partial charge is 0.151 e. The highest BCUT2D eigenvalue weighted by Crippen LogP contribution is 2.22. The van der Waals surface area contributed by atoms with Gasteiger partial charge in [-0.3, -0.25) is 4.79 Å². The summed E-state index contributed by atoms with van der Waals surface area (Å²) in [7, 11) is 0. The molecule has 2 heteroatoms. The number of aldehydes is 1.